The van der Waals surface area contributed by atoms with Crippen LogP contribution in [0.3, 0.4) is 0 Å². The highest BCUT2D eigenvalue weighted by atomic mass is 16.1. The van der Waals surface area contributed by atoms with Gasteiger partial charge in [0.15, 0.2) is 5.78 Å². The minimum Gasteiger partial charge on any atom is -0.289 e. The SMILES string of the molecule is Cc1ccc(/C=C2\CCC/C(=C\c3cccc4ccccc34)C2=O)cc1. The quantitative estimate of drug-likeness (QED) is 0.496. The van der Waals surface area contributed by atoms with Gasteiger partial charge in [0, 0.05) is 11.1 Å². The van der Waals surface area contributed by atoms with Gasteiger partial charge >= 0.3 is 0 Å². The van der Waals surface area contributed by atoms with Crippen LogP contribution in [-0.4, -0.2) is 5.78 Å². The molecule has 0 saturated heterocycles. The molecule has 0 spiro atoms. The number of benzene rings is 3. The highest BCUT2D eigenvalue weighted by Gasteiger charge is 2.20. The largest absolute Gasteiger partial charge is 0.289 e. The summed E-state index contributed by atoms with van der Waals surface area (Å²) in [6.07, 6.45) is 6.89. The third-order valence-corrected chi connectivity index (χ3v) is 5.05. The molecule has 0 atom stereocenters. The summed E-state index contributed by atoms with van der Waals surface area (Å²) < 4.78 is 0. The van der Waals surface area contributed by atoms with E-state index in [2.05, 4.69) is 79.7 Å². The minimum absolute atomic E-state index is 0.199. The normalized spacial score (nSPS) is 18.0. The molecular formula is C25H22O. The van der Waals surface area contributed by atoms with Crippen LogP contribution in [0.15, 0.2) is 77.9 Å². The van der Waals surface area contributed by atoms with Crippen molar-refractivity contribution in [2.24, 2.45) is 0 Å². The van der Waals surface area contributed by atoms with Crippen LogP contribution in [0.1, 0.15) is 36.0 Å². The molecule has 0 bridgehead atoms. The topological polar surface area (TPSA) is 17.1 Å². The maximum absolute atomic E-state index is 13.0. The van der Waals surface area contributed by atoms with Crippen LogP contribution >= 0.6 is 0 Å². The molecular weight excluding hydrogens is 316 g/mol. The average molecular weight is 338 g/mol. The number of aryl methyl sites for hydroxylation is 1. The van der Waals surface area contributed by atoms with E-state index >= 15 is 0 Å². The lowest BCUT2D eigenvalue weighted by Gasteiger charge is -2.17. The molecule has 0 radical (unpaired) electrons. The lowest BCUT2D eigenvalue weighted by atomic mass is 9.86. The monoisotopic (exact) mass is 338 g/mol. The number of ketones is 1. The Labute approximate surface area is 154 Å². The van der Waals surface area contributed by atoms with Gasteiger partial charge in [-0.2, -0.15) is 0 Å². The van der Waals surface area contributed by atoms with Gasteiger partial charge in [0.2, 0.25) is 0 Å². The first-order valence-electron chi connectivity index (χ1n) is 9.21. The van der Waals surface area contributed by atoms with Crippen molar-refractivity contribution in [3.05, 3.63) is 94.6 Å². The molecule has 3 aromatic carbocycles. The molecule has 1 fully saturated rings. The standard InChI is InChI=1S/C25H22O/c1-18-12-14-19(15-13-18)16-22-9-5-10-23(25(22)26)17-21-8-4-7-20-6-2-3-11-24(20)21/h2-4,6-8,11-17H,5,9-10H2,1H3/b22-16+,23-17+. The van der Waals surface area contributed by atoms with Gasteiger partial charge in [0.05, 0.1) is 0 Å². The Kier molecular flexibility index (Phi) is 4.53. The summed E-state index contributed by atoms with van der Waals surface area (Å²) in [7, 11) is 0. The smallest absolute Gasteiger partial charge is 0.185 e. The van der Waals surface area contributed by atoms with E-state index in [1.165, 1.54) is 16.3 Å². The third-order valence-electron chi connectivity index (χ3n) is 5.05. The van der Waals surface area contributed by atoms with E-state index in [4.69, 9.17) is 0 Å². The van der Waals surface area contributed by atoms with Crippen LogP contribution in [0, 0.1) is 6.92 Å². The van der Waals surface area contributed by atoms with Gasteiger partial charge < -0.3 is 0 Å². The Bertz CT molecular complexity index is 1010. The highest BCUT2D eigenvalue weighted by molar-refractivity contribution is 6.14. The Balaban J connectivity index is 1.69. The molecule has 1 nitrogen and oxygen atoms in total. The summed E-state index contributed by atoms with van der Waals surface area (Å²) in [4.78, 5) is 13.0. The minimum atomic E-state index is 0.199. The van der Waals surface area contributed by atoms with E-state index in [1.807, 2.05) is 6.07 Å². The predicted octanol–water partition coefficient (Wildman–Crippen LogP) is 6.37. The number of rotatable bonds is 2. The number of hydrogen-bond donors (Lipinski definition) is 0. The molecule has 1 aliphatic carbocycles. The summed E-state index contributed by atoms with van der Waals surface area (Å²) in [5, 5.41) is 2.41. The summed E-state index contributed by atoms with van der Waals surface area (Å²) in [6.45, 7) is 2.08. The van der Waals surface area contributed by atoms with Crippen LogP contribution in [-0.2, 0) is 4.79 Å². The van der Waals surface area contributed by atoms with Gasteiger partial charge in [-0.3, -0.25) is 4.79 Å². The van der Waals surface area contributed by atoms with Crippen molar-refractivity contribution in [2.45, 2.75) is 26.2 Å². The molecule has 0 aliphatic heterocycles. The van der Waals surface area contributed by atoms with Crippen molar-refractivity contribution in [3.63, 3.8) is 0 Å². The van der Waals surface area contributed by atoms with E-state index in [0.29, 0.717) is 0 Å². The van der Waals surface area contributed by atoms with Crippen LogP contribution in [0.25, 0.3) is 22.9 Å². The van der Waals surface area contributed by atoms with Crippen LogP contribution in [0.2, 0.25) is 0 Å². The molecule has 0 aromatic heterocycles. The Morgan fingerprint density at radius 2 is 1.46 bits per heavy atom. The molecule has 1 saturated carbocycles. The van der Waals surface area contributed by atoms with Crippen LogP contribution < -0.4 is 0 Å². The Morgan fingerprint density at radius 1 is 0.769 bits per heavy atom. The zero-order valence-electron chi connectivity index (χ0n) is 15.0. The van der Waals surface area contributed by atoms with Crippen molar-refractivity contribution < 1.29 is 4.79 Å². The van der Waals surface area contributed by atoms with Gasteiger partial charge in [0.1, 0.15) is 0 Å². The van der Waals surface area contributed by atoms with Crippen LogP contribution in [0.4, 0.5) is 0 Å². The Hall–Kier alpha value is -2.93. The molecule has 0 heterocycles. The maximum Gasteiger partial charge on any atom is 0.185 e. The first kappa shape index (κ1) is 16.5. The maximum atomic E-state index is 13.0. The lowest BCUT2D eigenvalue weighted by Crippen LogP contribution is -2.12. The first-order valence-corrected chi connectivity index (χ1v) is 9.21. The number of carbonyl (C=O) groups excluding carboxylic acids is 1. The molecule has 128 valence electrons. The molecule has 0 amide bonds. The highest BCUT2D eigenvalue weighted by Crippen LogP contribution is 2.29. The summed E-state index contributed by atoms with van der Waals surface area (Å²) in [5.41, 5.74) is 5.31. The van der Waals surface area contributed by atoms with E-state index in [9.17, 15) is 4.79 Å². The molecule has 4 rings (SSSR count). The molecule has 3 aromatic rings. The van der Waals surface area contributed by atoms with Gasteiger partial charge in [0.25, 0.3) is 0 Å². The van der Waals surface area contributed by atoms with Crippen molar-refractivity contribution >= 4 is 28.7 Å². The van der Waals surface area contributed by atoms with Crippen molar-refractivity contribution in [3.8, 4) is 0 Å². The molecule has 1 heteroatoms. The second kappa shape index (κ2) is 7.13. The molecule has 1 aliphatic rings. The van der Waals surface area contributed by atoms with E-state index in [-0.39, 0.29) is 5.78 Å². The fourth-order valence-corrected chi connectivity index (χ4v) is 3.61. The van der Waals surface area contributed by atoms with Gasteiger partial charge in [-0.15, -0.1) is 0 Å². The molecule has 26 heavy (non-hydrogen) atoms. The number of hydrogen-bond acceptors (Lipinski definition) is 1. The summed E-state index contributed by atoms with van der Waals surface area (Å²) >= 11 is 0. The fraction of sp³-hybridized carbons (Fsp3) is 0.160. The van der Waals surface area contributed by atoms with E-state index < -0.39 is 0 Å². The van der Waals surface area contributed by atoms with Gasteiger partial charge in [-0.25, -0.2) is 0 Å². The second-order valence-corrected chi connectivity index (χ2v) is 7.00. The van der Waals surface area contributed by atoms with Gasteiger partial charge in [-0.05, 0) is 60.2 Å². The summed E-state index contributed by atoms with van der Waals surface area (Å²) in [5.74, 6) is 0.199. The van der Waals surface area contributed by atoms with E-state index in [0.717, 1.165) is 41.5 Å². The van der Waals surface area contributed by atoms with Crippen molar-refractivity contribution in [1.82, 2.24) is 0 Å². The van der Waals surface area contributed by atoms with Crippen molar-refractivity contribution in [1.29, 1.82) is 0 Å². The van der Waals surface area contributed by atoms with Crippen molar-refractivity contribution in [2.75, 3.05) is 0 Å². The van der Waals surface area contributed by atoms with Gasteiger partial charge in [-0.1, -0.05) is 72.3 Å². The fourth-order valence-electron chi connectivity index (χ4n) is 3.61. The van der Waals surface area contributed by atoms with Crippen LogP contribution in [0.5, 0.6) is 0 Å². The lowest BCUT2D eigenvalue weighted by molar-refractivity contribution is -0.112. The number of fused-ring (bicyclic) bond motifs is 1. The first-order chi connectivity index (χ1) is 12.7. The predicted molar refractivity (Wildman–Crippen MR) is 110 cm³/mol. The zero-order valence-corrected chi connectivity index (χ0v) is 15.0. The Morgan fingerprint density at radius 3 is 2.27 bits per heavy atom. The average Bonchev–Trinajstić information content (AvgIpc) is 2.67. The van der Waals surface area contributed by atoms with E-state index in [1.54, 1.807) is 0 Å². The number of allylic oxidation sites excluding steroid dienone is 2. The zero-order chi connectivity index (χ0) is 17.9. The molecule has 0 unspecified atom stereocenters. The number of Topliss-reactive ketones (excluding diaryl/α,β-unsaturated/α-hetero) is 1. The molecule has 0 N–H and O–H groups in total. The summed E-state index contributed by atoms with van der Waals surface area (Å²) in [6, 6.07) is 23.0. The third kappa shape index (κ3) is 3.39. The number of carbonyl (C=O) groups is 1. The second-order valence-electron chi connectivity index (χ2n) is 7.00.